The number of unbranched alkanes of at least 4 members (excludes halogenated alkanes) is 4. The lowest BCUT2D eigenvalue weighted by molar-refractivity contribution is 0.0158. The molecule has 2 aromatic heterocycles. The first-order valence-electron chi connectivity index (χ1n) is 20.5. The third-order valence-electron chi connectivity index (χ3n) is 10.8. The van der Waals surface area contributed by atoms with Crippen LogP contribution >= 0.6 is 0 Å². The minimum atomic E-state index is -0.703. The van der Waals surface area contributed by atoms with Crippen LogP contribution < -0.4 is 9.47 Å². The summed E-state index contributed by atoms with van der Waals surface area (Å²) in [5.74, 6) is 2.53. The molecule has 2 aliphatic carbocycles. The summed E-state index contributed by atoms with van der Waals surface area (Å²) in [5, 5.41) is 1.70. The lowest BCUT2D eigenvalue weighted by Gasteiger charge is -2.42. The number of hydrogen-bond acceptors (Lipinski definition) is 8. The molecule has 2 heterocycles. The van der Waals surface area contributed by atoms with Crippen molar-refractivity contribution in [2.75, 3.05) is 26.2 Å². The van der Waals surface area contributed by atoms with Gasteiger partial charge in [0.05, 0.1) is 21.8 Å². The van der Waals surface area contributed by atoms with E-state index in [-0.39, 0.29) is 0 Å². The van der Waals surface area contributed by atoms with Gasteiger partial charge in [-0.1, -0.05) is 126 Å². The zero-order valence-electron chi connectivity index (χ0n) is 33.2. The average molecular weight is 729 g/mol. The first kappa shape index (κ1) is 39.3. The fourth-order valence-corrected chi connectivity index (χ4v) is 7.72. The Kier molecular flexibility index (Phi) is 13.7. The van der Waals surface area contributed by atoms with Crippen LogP contribution in [0.15, 0.2) is 97.1 Å². The molecule has 0 amide bonds. The van der Waals surface area contributed by atoms with E-state index in [0.29, 0.717) is 11.8 Å². The van der Waals surface area contributed by atoms with Crippen molar-refractivity contribution in [3.63, 3.8) is 0 Å². The van der Waals surface area contributed by atoms with Crippen molar-refractivity contribution in [3.05, 3.63) is 109 Å². The standard InChI is InChI=1S/C46H60N6O2/c1-6-10-32-51(33-11-7-2)45(28-20-14-21-29-45)43-47-39-26-18-16-24-37(39)41(49-43)53-36(5)54-42-38-25-17-19-27-40(38)48-44(50-42)46(30-22-15-23-31-46)52(34-12-8-3)35-13-9-4/h14-28,30,36H,6-13,29,31-35H2,1-5H3. The Morgan fingerprint density at radius 3 is 1.30 bits per heavy atom. The van der Waals surface area contributed by atoms with Crippen molar-refractivity contribution in [2.24, 2.45) is 0 Å². The second-order valence-corrected chi connectivity index (χ2v) is 14.8. The van der Waals surface area contributed by atoms with Crippen molar-refractivity contribution in [2.45, 2.75) is 116 Å². The molecule has 2 aliphatic rings. The van der Waals surface area contributed by atoms with E-state index in [4.69, 9.17) is 29.4 Å². The molecule has 0 fully saturated rings. The molecule has 6 rings (SSSR count). The van der Waals surface area contributed by atoms with Gasteiger partial charge in [-0.25, -0.2) is 9.97 Å². The maximum Gasteiger partial charge on any atom is 0.242 e. The normalized spacial score (nSPS) is 20.1. The smallest absolute Gasteiger partial charge is 0.242 e. The minimum absolute atomic E-state index is 0.471. The summed E-state index contributed by atoms with van der Waals surface area (Å²) in [4.78, 5) is 26.2. The first-order valence-corrected chi connectivity index (χ1v) is 20.5. The summed E-state index contributed by atoms with van der Waals surface area (Å²) in [6.07, 6.45) is 27.5. The highest BCUT2D eigenvalue weighted by Gasteiger charge is 2.41. The van der Waals surface area contributed by atoms with Gasteiger partial charge >= 0.3 is 0 Å². The molecule has 0 bridgehead atoms. The Balaban J connectivity index is 1.39. The number of aromatic nitrogens is 4. The topological polar surface area (TPSA) is 76.5 Å². The Hall–Kier alpha value is -4.40. The van der Waals surface area contributed by atoms with E-state index in [2.05, 4.69) is 98.2 Å². The van der Waals surface area contributed by atoms with Gasteiger partial charge in [0.1, 0.15) is 11.1 Å². The van der Waals surface area contributed by atoms with E-state index in [9.17, 15) is 0 Å². The molecule has 0 radical (unpaired) electrons. The van der Waals surface area contributed by atoms with Crippen LogP contribution in [0, 0.1) is 0 Å². The largest absolute Gasteiger partial charge is 0.437 e. The molecule has 54 heavy (non-hydrogen) atoms. The Morgan fingerprint density at radius 1 is 0.556 bits per heavy atom. The van der Waals surface area contributed by atoms with Gasteiger partial charge in [0.25, 0.3) is 0 Å². The summed E-state index contributed by atoms with van der Waals surface area (Å²) in [6, 6.07) is 16.2. The number of ether oxygens (including phenoxy) is 2. The highest BCUT2D eigenvalue weighted by molar-refractivity contribution is 5.84. The van der Waals surface area contributed by atoms with Gasteiger partial charge in [-0.3, -0.25) is 9.80 Å². The van der Waals surface area contributed by atoms with Crippen molar-refractivity contribution in [3.8, 4) is 11.8 Å². The molecule has 0 saturated heterocycles. The predicted molar refractivity (Wildman–Crippen MR) is 222 cm³/mol. The number of rotatable bonds is 20. The fourth-order valence-electron chi connectivity index (χ4n) is 7.72. The zero-order valence-corrected chi connectivity index (χ0v) is 33.2. The molecule has 286 valence electrons. The van der Waals surface area contributed by atoms with Crippen molar-refractivity contribution in [1.29, 1.82) is 0 Å². The maximum atomic E-state index is 6.73. The summed E-state index contributed by atoms with van der Waals surface area (Å²) >= 11 is 0. The van der Waals surface area contributed by atoms with E-state index >= 15 is 0 Å². The minimum Gasteiger partial charge on any atom is -0.437 e. The summed E-state index contributed by atoms with van der Waals surface area (Å²) < 4.78 is 13.5. The monoisotopic (exact) mass is 728 g/mol. The van der Waals surface area contributed by atoms with E-state index < -0.39 is 17.4 Å². The van der Waals surface area contributed by atoms with Gasteiger partial charge in [0, 0.05) is 6.92 Å². The van der Waals surface area contributed by atoms with Gasteiger partial charge in [-0.15, -0.1) is 0 Å². The van der Waals surface area contributed by atoms with Crippen LogP contribution in [-0.4, -0.2) is 62.2 Å². The highest BCUT2D eigenvalue weighted by Crippen LogP contribution is 2.40. The van der Waals surface area contributed by atoms with Crippen LogP contribution in [0.1, 0.15) is 110 Å². The second kappa shape index (κ2) is 18.8. The number of para-hydroxylation sites is 2. The number of allylic oxidation sites excluding steroid dienone is 4. The molecule has 0 aliphatic heterocycles. The molecule has 0 N–H and O–H groups in total. The number of fused-ring (bicyclic) bond motifs is 2. The second-order valence-electron chi connectivity index (χ2n) is 14.8. The Bertz CT molecular complexity index is 1800. The van der Waals surface area contributed by atoms with Gasteiger partial charge in [0.2, 0.25) is 18.1 Å². The lowest BCUT2D eigenvalue weighted by Crippen LogP contribution is -2.47. The Labute approximate surface area is 323 Å². The van der Waals surface area contributed by atoms with Crippen LogP contribution in [0.4, 0.5) is 0 Å². The van der Waals surface area contributed by atoms with Gasteiger partial charge < -0.3 is 9.47 Å². The van der Waals surface area contributed by atoms with E-state index in [1.807, 2.05) is 43.3 Å². The quantitative estimate of drug-likeness (QED) is 0.0833. The number of nitrogens with zero attached hydrogens (tertiary/aromatic N) is 6. The van der Waals surface area contributed by atoms with Crippen LogP contribution in [-0.2, 0) is 11.1 Å². The average Bonchev–Trinajstić information content (AvgIpc) is 3.21. The molecule has 8 nitrogen and oxygen atoms in total. The number of benzene rings is 2. The third kappa shape index (κ3) is 8.61. The zero-order chi connectivity index (χ0) is 37.8. The Morgan fingerprint density at radius 2 is 0.944 bits per heavy atom. The SMILES string of the molecule is CCCCN(CCCC)C1(c2nc(OC(C)Oc3nc(C4(N(CCCC)CCCC)C=CC=CC4)nc4ccccc34)c3ccccc3n2)C=CC=CC1. The fraction of sp³-hybridized carbons (Fsp3) is 0.478. The molecule has 2 atom stereocenters. The van der Waals surface area contributed by atoms with Crippen molar-refractivity contribution < 1.29 is 9.47 Å². The van der Waals surface area contributed by atoms with Crippen molar-refractivity contribution >= 4 is 21.8 Å². The molecular formula is C46H60N6O2. The molecule has 0 spiro atoms. The van der Waals surface area contributed by atoms with Crippen LogP contribution in [0.2, 0.25) is 0 Å². The number of hydrogen-bond donors (Lipinski definition) is 0. The van der Waals surface area contributed by atoms with Gasteiger partial charge in [0.15, 0.2) is 11.6 Å². The molecular weight excluding hydrogens is 669 g/mol. The first-order chi connectivity index (χ1) is 26.5. The summed E-state index contributed by atoms with van der Waals surface area (Å²) in [7, 11) is 0. The van der Waals surface area contributed by atoms with Crippen molar-refractivity contribution in [1.82, 2.24) is 29.7 Å². The molecule has 0 saturated carbocycles. The highest BCUT2D eigenvalue weighted by atomic mass is 16.7. The van der Waals surface area contributed by atoms with E-state index in [1.54, 1.807) is 0 Å². The molecule has 2 aromatic carbocycles. The van der Waals surface area contributed by atoms with Gasteiger partial charge in [-0.05, 0) is 89.0 Å². The van der Waals surface area contributed by atoms with E-state index in [0.717, 1.165) is 124 Å². The van der Waals surface area contributed by atoms with Gasteiger partial charge in [-0.2, -0.15) is 9.97 Å². The summed E-state index contributed by atoms with van der Waals surface area (Å²) in [5.41, 5.74) is 0.763. The molecule has 8 heteroatoms. The molecule has 2 unspecified atom stereocenters. The lowest BCUT2D eigenvalue weighted by atomic mass is 9.87. The maximum absolute atomic E-state index is 6.73. The van der Waals surface area contributed by atoms with Crippen LogP contribution in [0.25, 0.3) is 21.8 Å². The predicted octanol–water partition coefficient (Wildman–Crippen LogP) is 10.6. The van der Waals surface area contributed by atoms with E-state index in [1.165, 1.54) is 0 Å². The van der Waals surface area contributed by atoms with Crippen LogP contribution in [0.3, 0.4) is 0 Å². The summed E-state index contributed by atoms with van der Waals surface area (Å²) in [6.45, 7) is 14.8. The van der Waals surface area contributed by atoms with Crippen LogP contribution in [0.5, 0.6) is 11.8 Å². The molecule has 4 aromatic rings. The third-order valence-corrected chi connectivity index (χ3v) is 10.8.